The lowest BCUT2D eigenvalue weighted by Gasteiger charge is -2.06. The van der Waals surface area contributed by atoms with Crippen LogP contribution in [-0.4, -0.2) is 30.5 Å². The molecule has 136 valence electrons. The molecule has 0 radical (unpaired) electrons. The lowest BCUT2D eigenvalue weighted by Crippen LogP contribution is -2.19. The molecule has 0 fully saturated rings. The Labute approximate surface area is 156 Å². The van der Waals surface area contributed by atoms with Crippen molar-refractivity contribution < 1.29 is 4.79 Å². The normalized spacial score (nSPS) is 11.1. The number of rotatable bonds is 4. The van der Waals surface area contributed by atoms with Crippen molar-refractivity contribution in [3.05, 3.63) is 60.2 Å². The number of benzene rings is 1. The van der Waals surface area contributed by atoms with Gasteiger partial charge in [-0.2, -0.15) is 10.2 Å². The summed E-state index contributed by atoms with van der Waals surface area (Å²) in [5, 5.41) is 12.4. The van der Waals surface area contributed by atoms with Crippen LogP contribution in [-0.2, 0) is 18.4 Å². The molecule has 4 aromatic rings. The summed E-state index contributed by atoms with van der Waals surface area (Å²) in [4.78, 5) is 16.9. The topological polar surface area (TPSA) is 77.6 Å². The Kier molecular flexibility index (Phi) is 4.19. The highest BCUT2D eigenvalue weighted by atomic mass is 16.2. The number of nitrogens with one attached hydrogen (secondary N) is 1. The predicted octanol–water partition coefficient (Wildman–Crippen LogP) is 3.09. The zero-order chi connectivity index (χ0) is 19.0. The van der Waals surface area contributed by atoms with E-state index in [2.05, 4.69) is 51.7 Å². The molecule has 7 nitrogen and oxygen atoms in total. The number of fused-ring (bicyclic) bond motifs is 1. The van der Waals surface area contributed by atoms with E-state index < -0.39 is 0 Å². The van der Waals surface area contributed by atoms with Gasteiger partial charge in [0.15, 0.2) is 5.65 Å². The van der Waals surface area contributed by atoms with Crippen LogP contribution in [0, 0.1) is 13.8 Å². The summed E-state index contributed by atoms with van der Waals surface area (Å²) in [5.74, 6) is -0.171. The molecule has 0 bridgehead atoms. The molecule has 4 rings (SSSR count). The molecule has 0 aliphatic carbocycles. The molecule has 0 spiro atoms. The van der Waals surface area contributed by atoms with Gasteiger partial charge in [-0.1, -0.05) is 29.8 Å². The van der Waals surface area contributed by atoms with Gasteiger partial charge < -0.3 is 5.32 Å². The first-order valence-corrected chi connectivity index (χ1v) is 8.69. The van der Waals surface area contributed by atoms with Crippen molar-refractivity contribution in [2.45, 2.75) is 20.4 Å². The van der Waals surface area contributed by atoms with Crippen LogP contribution in [0.15, 0.2) is 48.9 Å². The number of aryl methyl sites for hydroxylation is 3. The summed E-state index contributed by atoms with van der Waals surface area (Å²) in [6, 6.07) is 10.3. The Morgan fingerprint density at radius 3 is 2.63 bits per heavy atom. The molecule has 3 aromatic heterocycles. The second-order valence-corrected chi connectivity index (χ2v) is 6.62. The van der Waals surface area contributed by atoms with Gasteiger partial charge >= 0.3 is 0 Å². The van der Waals surface area contributed by atoms with Crippen LogP contribution in [0.4, 0.5) is 5.69 Å². The Balaban J connectivity index is 1.67. The molecule has 0 aliphatic heterocycles. The molecule has 0 saturated heterocycles. The molecule has 27 heavy (non-hydrogen) atoms. The van der Waals surface area contributed by atoms with Crippen molar-refractivity contribution in [3.8, 4) is 11.1 Å². The van der Waals surface area contributed by atoms with Gasteiger partial charge in [0.05, 0.1) is 17.6 Å². The molecule has 0 aliphatic rings. The van der Waals surface area contributed by atoms with Crippen molar-refractivity contribution in [2.75, 3.05) is 5.32 Å². The lowest BCUT2D eigenvalue weighted by molar-refractivity contribution is -0.116. The number of hydrogen-bond acceptors (Lipinski definition) is 4. The van der Waals surface area contributed by atoms with Crippen molar-refractivity contribution in [3.63, 3.8) is 0 Å². The van der Waals surface area contributed by atoms with Crippen LogP contribution in [0.1, 0.15) is 11.3 Å². The maximum atomic E-state index is 12.4. The van der Waals surface area contributed by atoms with Gasteiger partial charge in [0.1, 0.15) is 6.54 Å². The number of carbonyl (C=O) groups excluding carboxylic acids is 1. The first kappa shape index (κ1) is 17.0. The van der Waals surface area contributed by atoms with Crippen LogP contribution in [0.2, 0.25) is 0 Å². The number of hydrogen-bond donors (Lipinski definition) is 1. The van der Waals surface area contributed by atoms with Crippen LogP contribution in [0.5, 0.6) is 0 Å². The van der Waals surface area contributed by atoms with Crippen molar-refractivity contribution in [2.24, 2.45) is 7.05 Å². The summed E-state index contributed by atoms with van der Waals surface area (Å²) in [6.45, 7) is 4.09. The van der Waals surface area contributed by atoms with E-state index in [1.165, 1.54) is 5.56 Å². The molecule has 3 heterocycles. The third kappa shape index (κ3) is 3.31. The zero-order valence-electron chi connectivity index (χ0n) is 15.5. The van der Waals surface area contributed by atoms with E-state index in [1.54, 1.807) is 35.0 Å². The molecular weight excluding hydrogens is 340 g/mol. The number of aromatic nitrogens is 5. The minimum Gasteiger partial charge on any atom is -0.322 e. The maximum Gasteiger partial charge on any atom is 0.246 e. The molecule has 1 amide bonds. The van der Waals surface area contributed by atoms with Crippen LogP contribution >= 0.6 is 0 Å². The molecule has 7 heteroatoms. The van der Waals surface area contributed by atoms with E-state index in [1.807, 2.05) is 13.0 Å². The third-order valence-electron chi connectivity index (χ3n) is 4.45. The first-order valence-electron chi connectivity index (χ1n) is 8.69. The quantitative estimate of drug-likeness (QED) is 0.607. The Morgan fingerprint density at radius 2 is 1.93 bits per heavy atom. The fourth-order valence-corrected chi connectivity index (χ4v) is 3.19. The molecule has 0 unspecified atom stereocenters. The highest BCUT2D eigenvalue weighted by Gasteiger charge is 2.16. The van der Waals surface area contributed by atoms with Gasteiger partial charge in [0.2, 0.25) is 5.91 Å². The van der Waals surface area contributed by atoms with E-state index in [-0.39, 0.29) is 12.5 Å². The Morgan fingerprint density at radius 1 is 1.15 bits per heavy atom. The molecule has 1 aromatic carbocycles. The summed E-state index contributed by atoms with van der Waals surface area (Å²) in [7, 11) is 1.80. The second-order valence-electron chi connectivity index (χ2n) is 6.62. The third-order valence-corrected chi connectivity index (χ3v) is 4.45. The van der Waals surface area contributed by atoms with Gasteiger partial charge in [-0.25, -0.2) is 9.67 Å². The number of carbonyl (C=O) groups is 1. The van der Waals surface area contributed by atoms with Crippen LogP contribution < -0.4 is 5.32 Å². The van der Waals surface area contributed by atoms with Gasteiger partial charge in [-0.15, -0.1) is 0 Å². The van der Waals surface area contributed by atoms with E-state index in [9.17, 15) is 4.79 Å². The van der Waals surface area contributed by atoms with Gasteiger partial charge in [-0.3, -0.25) is 9.48 Å². The van der Waals surface area contributed by atoms with E-state index in [4.69, 9.17) is 0 Å². The molecule has 0 saturated carbocycles. The highest BCUT2D eigenvalue weighted by molar-refractivity contribution is 5.96. The largest absolute Gasteiger partial charge is 0.322 e. The van der Waals surface area contributed by atoms with Gasteiger partial charge in [-0.05, 0) is 31.0 Å². The van der Waals surface area contributed by atoms with Gasteiger partial charge in [0.25, 0.3) is 0 Å². The molecular formula is C20H20N6O. The number of pyridine rings is 1. The first-order chi connectivity index (χ1) is 13.0. The summed E-state index contributed by atoms with van der Waals surface area (Å²) in [6.07, 6.45) is 5.12. The maximum absolute atomic E-state index is 12.4. The molecule has 1 N–H and O–H groups in total. The monoisotopic (exact) mass is 360 g/mol. The zero-order valence-corrected chi connectivity index (χ0v) is 15.5. The number of anilines is 1. The Bertz CT molecular complexity index is 1120. The average Bonchev–Trinajstić information content (AvgIpc) is 3.19. The van der Waals surface area contributed by atoms with Crippen LogP contribution in [0.25, 0.3) is 22.2 Å². The fraction of sp³-hybridized carbons (Fsp3) is 0.200. The number of nitrogens with zero attached hydrogens (tertiary/aromatic N) is 5. The minimum absolute atomic E-state index is 0.0869. The average molecular weight is 360 g/mol. The van der Waals surface area contributed by atoms with E-state index >= 15 is 0 Å². The predicted molar refractivity (Wildman–Crippen MR) is 104 cm³/mol. The Hall–Kier alpha value is -3.48. The van der Waals surface area contributed by atoms with Gasteiger partial charge in [0, 0.05) is 24.8 Å². The minimum atomic E-state index is -0.171. The summed E-state index contributed by atoms with van der Waals surface area (Å²) in [5.41, 5.74) is 5.59. The number of amides is 1. The van der Waals surface area contributed by atoms with Crippen molar-refractivity contribution in [1.82, 2.24) is 24.5 Å². The van der Waals surface area contributed by atoms with Crippen molar-refractivity contribution in [1.29, 1.82) is 0 Å². The smallest absolute Gasteiger partial charge is 0.246 e. The summed E-state index contributed by atoms with van der Waals surface area (Å²) < 4.78 is 3.28. The van der Waals surface area contributed by atoms with Crippen molar-refractivity contribution >= 4 is 22.6 Å². The van der Waals surface area contributed by atoms with Crippen LogP contribution in [0.3, 0.4) is 0 Å². The highest BCUT2D eigenvalue weighted by Crippen LogP contribution is 2.30. The lowest BCUT2D eigenvalue weighted by atomic mass is 10.0. The molecule has 0 atom stereocenters. The second kappa shape index (κ2) is 6.68. The van der Waals surface area contributed by atoms with E-state index in [0.717, 1.165) is 22.2 Å². The fourth-order valence-electron chi connectivity index (χ4n) is 3.19. The summed E-state index contributed by atoms with van der Waals surface area (Å²) >= 11 is 0. The van der Waals surface area contributed by atoms with E-state index in [0.29, 0.717) is 11.3 Å². The standard InChI is InChI=1S/C20H20N6O/c1-13-4-6-15(7-5-13)17-8-9-21-20-19(17)14(2)24-26(20)12-18(27)23-16-10-22-25(3)11-16/h4-11H,12H2,1-3H3,(H,23,27). The SMILES string of the molecule is Cc1ccc(-c2ccnc3c2c(C)nn3CC(=O)Nc2cnn(C)c2)cc1.